The van der Waals surface area contributed by atoms with Crippen LogP contribution in [0.5, 0.6) is 5.75 Å². The lowest BCUT2D eigenvalue weighted by atomic mass is 10.0. The third kappa shape index (κ3) is 4.85. The second-order valence-electron chi connectivity index (χ2n) is 4.83. The number of carbonyl (C=O) groups excluding carboxylic acids is 1. The summed E-state index contributed by atoms with van der Waals surface area (Å²) >= 11 is 0. The van der Waals surface area contributed by atoms with Gasteiger partial charge in [0.25, 0.3) is 0 Å². The molecule has 0 fully saturated rings. The zero-order chi connectivity index (χ0) is 16.5. The van der Waals surface area contributed by atoms with Crippen molar-refractivity contribution in [3.05, 3.63) is 58.8 Å². The number of ether oxygens (including phenoxy) is 1. The number of benzene rings is 1. The van der Waals surface area contributed by atoms with Gasteiger partial charge in [-0.2, -0.15) is 0 Å². The number of rotatable bonds is 7. The van der Waals surface area contributed by atoms with Gasteiger partial charge in [-0.25, -0.2) is 0 Å². The molecule has 0 aromatic heterocycles. The first kappa shape index (κ1) is 17.6. The van der Waals surface area contributed by atoms with Crippen LogP contribution < -0.4 is 4.74 Å². The highest BCUT2D eigenvalue weighted by molar-refractivity contribution is 6.08. The number of aliphatic imine (C=N–C) groups is 1. The summed E-state index contributed by atoms with van der Waals surface area (Å²) in [4.78, 5) is 15.7. The summed E-state index contributed by atoms with van der Waals surface area (Å²) in [6, 6.07) is 3.99. The van der Waals surface area contributed by atoms with Crippen LogP contribution in [0.2, 0.25) is 0 Å². The van der Waals surface area contributed by atoms with Crippen molar-refractivity contribution in [3.8, 4) is 5.75 Å². The number of hydrogen-bond donors (Lipinski definition) is 0. The summed E-state index contributed by atoms with van der Waals surface area (Å²) in [6.45, 7) is 11.8. The van der Waals surface area contributed by atoms with E-state index in [-0.39, 0.29) is 5.78 Å². The molecular weight excluding hydrogens is 274 g/mol. The molecule has 0 amide bonds. The zero-order valence-corrected chi connectivity index (χ0v) is 13.7. The molecule has 0 aliphatic heterocycles. The molecule has 0 aliphatic carbocycles. The molecule has 0 aliphatic rings. The standard InChI is InChI=1S/C19H23NO2/c1-6-17(10-11-20-5)18(21)9-8-16-12-14(3)15(4)19(13-16)22-7-2/h6,8-13H,5,7H2,1-4H3. The number of allylic oxidation sites excluding steroid dienone is 4. The molecule has 0 atom stereocenters. The first-order valence-corrected chi connectivity index (χ1v) is 7.28. The van der Waals surface area contributed by atoms with E-state index in [0.29, 0.717) is 12.2 Å². The van der Waals surface area contributed by atoms with Crippen molar-refractivity contribution in [3.63, 3.8) is 0 Å². The highest BCUT2D eigenvalue weighted by atomic mass is 16.5. The Morgan fingerprint density at radius 3 is 2.64 bits per heavy atom. The van der Waals surface area contributed by atoms with Crippen LogP contribution in [-0.4, -0.2) is 19.1 Å². The summed E-state index contributed by atoms with van der Waals surface area (Å²) in [7, 11) is 0. The van der Waals surface area contributed by atoms with Gasteiger partial charge < -0.3 is 4.74 Å². The quantitative estimate of drug-likeness (QED) is 0.424. The van der Waals surface area contributed by atoms with Crippen molar-refractivity contribution in [1.29, 1.82) is 0 Å². The Hall–Kier alpha value is -2.42. The van der Waals surface area contributed by atoms with Gasteiger partial charge in [0, 0.05) is 11.8 Å². The Morgan fingerprint density at radius 2 is 2.05 bits per heavy atom. The normalized spacial score (nSPS) is 12.1. The largest absolute Gasteiger partial charge is 0.494 e. The van der Waals surface area contributed by atoms with Crippen LogP contribution in [0.15, 0.2) is 47.1 Å². The van der Waals surface area contributed by atoms with Crippen LogP contribution >= 0.6 is 0 Å². The molecule has 0 heterocycles. The molecular formula is C19H23NO2. The van der Waals surface area contributed by atoms with Gasteiger partial charge in [0.2, 0.25) is 0 Å². The minimum Gasteiger partial charge on any atom is -0.494 e. The van der Waals surface area contributed by atoms with Crippen molar-refractivity contribution in [2.24, 2.45) is 4.99 Å². The van der Waals surface area contributed by atoms with E-state index in [9.17, 15) is 4.79 Å². The highest BCUT2D eigenvalue weighted by Gasteiger charge is 2.05. The fourth-order valence-electron chi connectivity index (χ4n) is 1.98. The lowest BCUT2D eigenvalue weighted by Gasteiger charge is -2.10. The van der Waals surface area contributed by atoms with E-state index >= 15 is 0 Å². The van der Waals surface area contributed by atoms with Gasteiger partial charge in [-0.05, 0) is 69.3 Å². The number of aryl methyl sites for hydroxylation is 1. The fourth-order valence-corrected chi connectivity index (χ4v) is 1.98. The van der Waals surface area contributed by atoms with E-state index in [4.69, 9.17) is 4.74 Å². The number of hydrogen-bond acceptors (Lipinski definition) is 3. The molecule has 1 rings (SSSR count). The van der Waals surface area contributed by atoms with Gasteiger partial charge in [0.1, 0.15) is 5.75 Å². The highest BCUT2D eigenvalue weighted by Crippen LogP contribution is 2.24. The SMILES string of the molecule is C=NC=CC(=CC)C(=O)C=Cc1cc(C)c(C)c(OCC)c1. The van der Waals surface area contributed by atoms with Gasteiger partial charge in [-0.3, -0.25) is 9.79 Å². The van der Waals surface area contributed by atoms with Gasteiger partial charge in [-0.1, -0.05) is 18.2 Å². The van der Waals surface area contributed by atoms with Crippen LogP contribution in [0.1, 0.15) is 30.5 Å². The lowest BCUT2D eigenvalue weighted by Crippen LogP contribution is -1.97. The zero-order valence-electron chi connectivity index (χ0n) is 13.7. The maximum absolute atomic E-state index is 12.1. The van der Waals surface area contributed by atoms with Crippen molar-refractivity contribution in [2.45, 2.75) is 27.7 Å². The summed E-state index contributed by atoms with van der Waals surface area (Å²) in [5.41, 5.74) is 3.79. The van der Waals surface area contributed by atoms with Crippen molar-refractivity contribution in [1.82, 2.24) is 0 Å². The second kappa shape index (κ2) is 8.78. The van der Waals surface area contributed by atoms with E-state index in [1.54, 1.807) is 24.3 Å². The third-order valence-electron chi connectivity index (χ3n) is 3.32. The monoisotopic (exact) mass is 297 g/mol. The van der Waals surface area contributed by atoms with Gasteiger partial charge in [0.15, 0.2) is 5.78 Å². The van der Waals surface area contributed by atoms with Crippen LogP contribution in [0.3, 0.4) is 0 Å². The Morgan fingerprint density at radius 1 is 1.32 bits per heavy atom. The number of carbonyl (C=O) groups is 1. The Bertz CT molecular complexity index is 637. The summed E-state index contributed by atoms with van der Waals surface area (Å²) < 4.78 is 5.63. The molecule has 116 valence electrons. The van der Waals surface area contributed by atoms with Gasteiger partial charge in [-0.15, -0.1) is 0 Å². The Kier molecular flexibility index (Phi) is 7.03. The molecule has 0 saturated heterocycles. The van der Waals surface area contributed by atoms with Gasteiger partial charge >= 0.3 is 0 Å². The van der Waals surface area contributed by atoms with Crippen molar-refractivity contribution >= 4 is 18.6 Å². The van der Waals surface area contributed by atoms with E-state index in [0.717, 1.165) is 22.4 Å². The smallest absolute Gasteiger partial charge is 0.185 e. The van der Waals surface area contributed by atoms with E-state index < -0.39 is 0 Å². The molecule has 0 unspecified atom stereocenters. The van der Waals surface area contributed by atoms with Crippen molar-refractivity contribution < 1.29 is 9.53 Å². The second-order valence-corrected chi connectivity index (χ2v) is 4.83. The minimum atomic E-state index is -0.0708. The minimum absolute atomic E-state index is 0.0708. The molecule has 1 aromatic rings. The van der Waals surface area contributed by atoms with E-state index in [1.165, 1.54) is 6.20 Å². The number of nitrogens with zero attached hydrogens (tertiary/aromatic N) is 1. The molecule has 0 N–H and O–H groups in total. The van der Waals surface area contributed by atoms with E-state index in [2.05, 4.69) is 11.7 Å². The first-order chi connectivity index (χ1) is 10.5. The summed E-state index contributed by atoms with van der Waals surface area (Å²) in [5, 5.41) is 0. The maximum Gasteiger partial charge on any atom is 0.185 e. The van der Waals surface area contributed by atoms with Crippen LogP contribution in [0.4, 0.5) is 0 Å². The molecule has 0 radical (unpaired) electrons. The van der Waals surface area contributed by atoms with Crippen LogP contribution in [-0.2, 0) is 4.79 Å². The maximum atomic E-state index is 12.1. The third-order valence-corrected chi connectivity index (χ3v) is 3.32. The summed E-state index contributed by atoms with van der Waals surface area (Å²) in [6.07, 6.45) is 8.26. The molecule has 22 heavy (non-hydrogen) atoms. The van der Waals surface area contributed by atoms with Crippen molar-refractivity contribution in [2.75, 3.05) is 6.61 Å². The molecule has 0 spiro atoms. The molecule has 1 aromatic carbocycles. The number of ketones is 1. The fraction of sp³-hybridized carbons (Fsp3) is 0.263. The summed E-state index contributed by atoms with van der Waals surface area (Å²) in [5.74, 6) is 0.787. The van der Waals surface area contributed by atoms with Gasteiger partial charge in [0.05, 0.1) is 6.61 Å². The van der Waals surface area contributed by atoms with Crippen LogP contribution in [0, 0.1) is 13.8 Å². The molecule has 3 heteroatoms. The molecule has 3 nitrogen and oxygen atoms in total. The Labute approximate surface area is 132 Å². The van der Waals surface area contributed by atoms with E-state index in [1.807, 2.05) is 39.8 Å². The topological polar surface area (TPSA) is 38.7 Å². The first-order valence-electron chi connectivity index (χ1n) is 7.28. The lowest BCUT2D eigenvalue weighted by molar-refractivity contribution is -0.111. The average molecular weight is 297 g/mol. The Balaban J connectivity index is 3.01. The predicted octanol–water partition coefficient (Wildman–Crippen LogP) is 4.45. The molecule has 0 bridgehead atoms. The average Bonchev–Trinajstić information content (AvgIpc) is 2.50. The van der Waals surface area contributed by atoms with Crippen LogP contribution in [0.25, 0.3) is 6.08 Å². The molecule has 0 saturated carbocycles. The predicted molar refractivity (Wildman–Crippen MR) is 93.6 cm³/mol.